The molecule has 2 aromatic rings. The summed E-state index contributed by atoms with van der Waals surface area (Å²) in [4.78, 5) is 0. The molecule has 16 heavy (non-hydrogen) atoms. The Morgan fingerprint density at radius 2 is 2.00 bits per heavy atom. The molecule has 0 radical (unpaired) electrons. The molecule has 2 rings (SSSR count). The summed E-state index contributed by atoms with van der Waals surface area (Å²) in [6.07, 6.45) is 6.68. The molecule has 0 aliphatic heterocycles. The first-order chi connectivity index (χ1) is 7.79. The Balaban J connectivity index is 2.75. The summed E-state index contributed by atoms with van der Waals surface area (Å²) in [5, 5.41) is 1.40. The number of hydrogen-bond donors (Lipinski definition) is 0. The van der Waals surface area contributed by atoms with E-state index >= 15 is 0 Å². The molecule has 1 nitrogen and oxygen atoms in total. The van der Waals surface area contributed by atoms with E-state index in [4.69, 9.17) is 0 Å². The normalized spacial score (nSPS) is 11.7. The quantitative estimate of drug-likeness (QED) is 0.721. The number of allylic oxidation sites excluding steroid dienone is 1. The lowest BCUT2D eigenvalue weighted by Gasteiger charge is -2.01. The van der Waals surface area contributed by atoms with E-state index in [-0.39, 0.29) is 0 Å². The molecule has 1 heteroatoms. The zero-order chi connectivity index (χ0) is 11.5. The second kappa shape index (κ2) is 4.56. The van der Waals surface area contributed by atoms with Gasteiger partial charge in [0.25, 0.3) is 0 Å². The predicted octanol–water partition coefficient (Wildman–Crippen LogP) is 4.16. The topological polar surface area (TPSA) is 4.93 Å². The summed E-state index contributed by atoms with van der Waals surface area (Å²) in [5.74, 6) is 0. The van der Waals surface area contributed by atoms with Gasteiger partial charge in [-0.05, 0) is 31.1 Å². The third kappa shape index (κ3) is 1.67. The van der Waals surface area contributed by atoms with Gasteiger partial charge >= 0.3 is 0 Å². The van der Waals surface area contributed by atoms with E-state index in [0.29, 0.717) is 0 Å². The van der Waals surface area contributed by atoms with Crippen molar-refractivity contribution in [3.63, 3.8) is 0 Å². The minimum absolute atomic E-state index is 1.15. The van der Waals surface area contributed by atoms with Gasteiger partial charge in [-0.3, -0.25) is 0 Å². The fourth-order valence-electron chi connectivity index (χ4n) is 2.37. The molecular formula is C15H19N. The van der Waals surface area contributed by atoms with E-state index in [1.165, 1.54) is 28.6 Å². The molecular weight excluding hydrogens is 194 g/mol. The maximum absolute atomic E-state index is 2.29. The standard InChI is InChI=1S/C15H19N/c1-4-8-12-13-10-6-7-11-15(13)16(3)14(12)9-5-2/h5-7,9-11H,4,8H2,1-3H3/b9-5-. The van der Waals surface area contributed by atoms with Crippen molar-refractivity contribution in [1.82, 2.24) is 4.57 Å². The highest BCUT2D eigenvalue weighted by atomic mass is 14.9. The molecule has 1 aromatic heterocycles. The van der Waals surface area contributed by atoms with Crippen LogP contribution in [0.15, 0.2) is 30.3 Å². The number of nitrogens with zero attached hydrogens (tertiary/aromatic N) is 1. The molecule has 0 saturated carbocycles. The van der Waals surface area contributed by atoms with Crippen LogP contribution in [0.1, 0.15) is 31.5 Å². The number of hydrogen-bond acceptors (Lipinski definition) is 0. The Bertz CT molecular complexity index is 517. The first-order valence-corrected chi connectivity index (χ1v) is 5.98. The van der Waals surface area contributed by atoms with E-state index in [1.54, 1.807) is 0 Å². The summed E-state index contributed by atoms with van der Waals surface area (Å²) in [6, 6.07) is 8.66. The van der Waals surface area contributed by atoms with Gasteiger partial charge in [0.15, 0.2) is 0 Å². The van der Waals surface area contributed by atoms with Crippen LogP contribution in [0.2, 0.25) is 0 Å². The largest absolute Gasteiger partial charge is 0.344 e. The van der Waals surface area contributed by atoms with Gasteiger partial charge in [-0.2, -0.15) is 0 Å². The molecule has 0 spiro atoms. The Labute approximate surface area is 97.4 Å². The third-order valence-electron chi connectivity index (χ3n) is 3.09. The van der Waals surface area contributed by atoms with Crippen LogP contribution in [0.4, 0.5) is 0 Å². The monoisotopic (exact) mass is 213 g/mol. The van der Waals surface area contributed by atoms with Crippen LogP contribution < -0.4 is 0 Å². The van der Waals surface area contributed by atoms with Crippen LogP contribution in [0.25, 0.3) is 17.0 Å². The fourth-order valence-corrected chi connectivity index (χ4v) is 2.37. The lowest BCUT2D eigenvalue weighted by atomic mass is 10.1. The molecule has 0 N–H and O–H groups in total. The van der Waals surface area contributed by atoms with Gasteiger partial charge < -0.3 is 4.57 Å². The van der Waals surface area contributed by atoms with Gasteiger partial charge in [-0.25, -0.2) is 0 Å². The van der Waals surface area contributed by atoms with Gasteiger partial charge in [0.05, 0.1) is 0 Å². The zero-order valence-electron chi connectivity index (χ0n) is 10.3. The Kier molecular flexibility index (Phi) is 3.14. The molecule has 0 saturated heterocycles. The van der Waals surface area contributed by atoms with Crippen molar-refractivity contribution in [2.75, 3.05) is 0 Å². The molecule has 0 aliphatic rings. The molecule has 0 unspecified atom stereocenters. The maximum atomic E-state index is 2.29. The molecule has 0 atom stereocenters. The summed E-state index contributed by atoms with van der Waals surface area (Å²) in [7, 11) is 2.15. The molecule has 84 valence electrons. The zero-order valence-corrected chi connectivity index (χ0v) is 10.3. The minimum atomic E-state index is 1.15. The smallest absolute Gasteiger partial charge is 0.0485 e. The number of aromatic nitrogens is 1. The average Bonchev–Trinajstić information content (AvgIpc) is 2.57. The molecule has 0 aliphatic carbocycles. The van der Waals surface area contributed by atoms with Gasteiger partial charge in [0.2, 0.25) is 0 Å². The van der Waals surface area contributed by atoms with Crippen molar-refractivity contribution in [2.45, 2.75) is 26.7 Å². The van der Waals surface area contributed by atoms with E-state index in [2.05, 4.69) is 61.9 Å². The number of aryl methyl sites for hydroxylation is 2. The first kappa shape index (κ1) is 11.0. The van der Waals surface area contributed by atoms with Crippen LogP contribution >= 0.6 is 0 Å². The van der Waals surface area contributed by atoms with Gasteiger partial charge in [-0.15, -0.1) is 0 Å². The lowest BCUT2D eigenvalue weighted by molar-refractivity contribution is 0.893. The number of rotatable bonds is 3. The Hall–Kier alpha value is -1.50. The van der Waals surface area contributed by atoms with E-state index in [0.717, 1.165) is 6.42 Å². The van der Waals surface area contributed by atoms with Crippen molar-refractivity contribution in [1.29, 1.82) is 0 Å². The highest BCUT2D eigenvalue weighted by Crippen LogP contribution is 2.27. The summed E-state index contributed by atoms with van der Waals surface area (Å²) in [6.45, 7) is 4.31. The number of para-hydroxylation sites is 1. The van der Waals surface area contributed by atoms with Crippen molar-refractivity contribution in [3.8, 4) is 0 Å². The van der Waals surface area contributed by atoms with Gasteiger partial charge in [0.1, 0.15) is 0 Å². The van der Waals surface area contributed by atoms with Crippen molar-refractivity contribution < 1.29 is 0 Å². The highest BCUT2D eigenvalue weighted by molar-refractivity contribution is 5.88. The fraction of sp³-hybridized carbons (Fsp3) is 0.333. The van der Waals surface area contributed by atoms with E-state index in [1.807, 2.05) is 0 Å². The van der Waals surface area contributed by atoms with Crippen molar-refractivity contribution >= 4 is 17.0 Å². The summed E-state index contributed by atoms with van der Waals surface area (Å²) in [5.41, 5.74) is 4.17. The highest BCUT2D eigenvalue weighted by Gasteiger charge is 2.11. The molecule has 0 bridgehead atoms. The summed E-state index contributed by atoms with van der Waals surface area (Å²) >= 11 is 0. The second-order valence-corrected chi connectivity index (χ2v) is 4.19. The third-order valence-corrected chi connectivity index (χ3v) is 3.09. The number of fused-ring (bicyclic) bond motifs is 1. The average molecular weight is 213 g/mol. The molecule has 1 aromatic carbocycles. The van der Waals surface area contributed by atoms with Crippen molar-refractivity contribution in [2.24, 2.45) is 7.05 Å². The Morgan fingerprint density at radius 1 is 1.25 bits per heavy atom. The van der Waals surface area contributed by atoms with Crippen LogP contribution in [0.3, 0.4) is 0 Å². The van der Waals surface area contributed by atoms with Crippen LogP contribution in [-0.4, -0.2) is 4.57 Å². The van der Waals surface area contributed by atoms with Crippen LogP contribution in [0, 0.1) is 0 Å². The maximum Gasteiger partial charge on any atom is 0.0485 e. The van der Waals surface area contributed by atoms with Crippen molar-refractivity contribution in [3.05, 3.63) is 41.6 Å². The van der Waals surface area contributed by atoms with Crippen LogP contribution in [-0.2, 0) is 13.5 Å². The SMILES string of the molecule is C/C=C\c1c(CCC)c2ccccc2n1C. The first-order valence-electron chi connectivity index (χ1n) is 5.98. The predicted molar refractivity (Wildman–Crippen MR) is 71.6 cm³/mol. The Morgan fingerprint density at radius 3 is 2.69 bits per heavy atom. The van der Waals surface area contributed by atoms with Gasteiger partial charge in [-0.1, -0.05) is 37.6 Å². The second-order valence-electron chi connectivity index (χ2n) is 4.19. The van der Waals surface area contributed by atoms with Crippen LogP contribution in [0.5, 0.6) is 0 Å². The molecule has 0 amide bonds. The lowest BCUT2D eigenvalue weighted by Crippen LogP contribution is -1.92. The summed E-state index contributed by atoms with van der Waals surface area (Å²) < 4.78 is 2.29. The number of benzene rings is 1. The van der Waals surface area contributed by atoms with Gasteiger partial charge in [0, 0.05) is 23.6 Å². The minimum Gasteiger partial charge on any atom is -0.344 e. The molecule has 1 heterocycles. The van der Waals surface area contributed by atoms with E-state index in [9.17, 15) is 0 Å². The molecule has 0 fully saturated rings. The van der Waals surface area contributed by atoms with E-state index < -0.39 is 0 Å².